The molecule has 9 heteroatoms. The van der Waals surface area contributed by atoms with E-state index < -0.39 is 33.9 Å². The summed E-state index contributed by atoms with van der Waals surface area (Å²) < 4.78 is 58.4. The second kappa shape index (κ2) is 15.6. The van der Waals surface area contributed by atoms with Gasteiger partial charge in [-0.2, -0.15) is 17.2 Å². The summed E-state index contributed by atoms with van der Waals surface area (Å²) in [5.41, 5.74) is 2.68. The predicted molar refractivity (Wildman–Crippen MR) is 148 cm³/mol. The molecule has 0 aliphatic heterocycles. The van der Waals surface area contributed by atoms with Crippen molar-refractivity contribution in [3.8, 4) is 0 Å². The van der Waals surface area contributed by atoms with E-state index in [1.54, 1.807) is 0 Å². The third-order valence-electron chi connectivity index (χ3n) is 5.60. The van der Waals surface area contributed by atoms with Crippen LogP contribution in [0.15, 0.2) is 95.9 Å². The normalized spacial score (nSPS) is 12.4. The van der Waals surface area contributed by atoms with Crippen LogP contribution in [0, 0.1) is 5.92 Å². The fourth-order valence-corrected chi connectivity index (χ4v) is 4.79. The molecule has 0 saturated heterocycles. The van der Waals surface area contributed by atoms with Crippen LogP contribution in [0.25, 0.3) is 0 Å². The van der Waals surface area contributed by atoms with Gasteiger partial charge in [0.2, 0.25) is 0 Å². The molecule has 0 spiro atoms. The quantitative estimate of drug-likeness (QED) is 0.105. The topological polar surface area (TPSA) is 80.7 Å². The van der Waals surface area contributed by atoms with Crippen molar-refractivity contribution >= 4 is 27.8 Å². The minimum Gasteiger partial charge on any atom is -0.458 e. The number of hydrogen-bond acceptors (Lipinski definition) is 5. The van der Waals surface area contributed by atoms with Crippen LogP contribution in [-0.2, 0) is 19.6 Å². The zero-order valence-electron chi connectivity index (χ0n) is 21.5. The number of hydrogen-bond donors (Lipinski definition) is 1. The highest BCUT2D eigenvalue weighted by molar-refractivity contribution is 7.99. The highest BCUT2D eigenvalue weighted by Gasteiger charge is 2.45. The monoisotopic (exact) mass is 564 g/mol. The number of carbonyl (C=O) groups is 1. The molecule has 3 rings (SSSR count). The maximum atomic E-state index is 12.7. The zero-order chi connectivity index (χ0) is 28.0. The number of alkyl halides is 2. The van der Waals surface area contributed by atoms with Gasteiger partial charge in [-0.05, 0) is 29.7 Å². The molecule has 0 aromatic heterocycles. The van der Waals surface area contributed by atoms with Crippen molar-refractivity contribution in [3.63, 3.8) is 0 Å². The number of benzene rings is 3. The first kappa shape index (κ1) is 31.5. The van der Waals surface area contributed by atoms with Gasteiger partial charge in [0.05, 0.1) is 11.2 Å². The molecule has 0 fully saturated rings. The van der Waals surface area contributed by atoms with Gasteiger partial charge in [-0.1, -0.05) is 112 Å². The molecule has 0 radical (unpaired) electrons. The third kappa shape index (κ3) is 10.6. The summed E-state index contributed by atoms with van der Waals surface area (Å²) in [5.74, 6) is -1.47. The molecule has 3 aromatic carbocycles. The van der Waals surface area contributed by atoms with Gasteiger partial charge in [-0.3, -0.25) is 9.35 Å². The van der Waals surface area contributed by atoms with Gasteiger partial charge in [0.1, 0.15) is 0 Å². The Labute approximate surface area is 228 Å². The van der Waals surface area contributed by atoms with Crippen molar-refractivity contribution in [1.82, 2.24) is 0 Å². The summed E-state index contributed by atoms with van der Waals surface area (Å²) in [4.78, 5) is 12.6. The fraction of sp³-hybridized carbons (Fsp3) is 0.345. The van der Waals surface area contributed by atoms with Crippen LogP contribution in [0.1, 0.15) is 55.9 Å². The summed E-state index contributed by atoms with van der Waals surface area (Å²) in [7, 11) is -5.56. The Morgan fingerprint density at radius 3 is 1.82 bits per heavy atom. The van der Waals surface area contributed by atoms with Crippen LogP contribution in [0.2, 0.25) is 0 Å². The second-order valence-corrected chi connectivity index (χ2v) is 11.5. The van der Waals surface area contributed by atoms with Crippen LogP contribution in [0.4, 0.5) is 8.78 Å². The van der Waals surface area contributed by atoms with Crippen LogP contribution in [0.3, 0.4) is 0 Å². The standard InChI is InChI=1S/C19H16S.C10H18F2O5S/c1-4-10-16(11-5-1)19(17-12-6-2-7-13-17)20-18-14-8-3-9-15-18;1-3-4-5-6-8(2)9(13)17-7-10(11,12)18(14,15)16/h1-15,19H;8H,3-7H2,1-2H3,(H,14,15,16). The van der Waals surface area contributed by atoms with E-state index >= 15 is 0 Å². The van der Waals surface area contributed by atoms with Crippen LogP contribution < -0.4 is 0 Å². The van der Waals surface area contributed by atoms with E-state index in [4.69, 9.17) is 4.55 Å². The summed E-state index contributed by atoms with van der Waals surface area (Å²) in [6.07, 6.45) is 3.13. The van der Waals surface area contributed by atoms with Gasteiger partial charge >= 0.3 is 21.3 Å². The summed E-state index contributed by atoms with van der Waals surface area (Å²) in [5, 5.41) is -4.13. The maximum absolute atomic E-state index is 12.7. The van der Waals surface area contributed by atoms with Crippen molar-refractivity contribution in [2.75, 3.05) is 6.61 Å². The average molecular weight is 565 g/mol. The number of carbonyl (C=O) groups excluding carboxylic acids is 1. The van der Waals surface area contributed by atoms with Crippen molar-refractivity contribution in [2.24, 2.45) is 5.92 Å². The first-order chi connectivity index (χ1) is 18.0. The van der Waals surface area contributed by atoms with E-state index in [1.807, 2.05) is 18.7 Å². The van der Waals surface area contributed by atoms with Gasteiger partial charge < -0.3 is 4.74 Å². The average Bonchev–Trinajstić information content (AvgIpc) is 2.92. The van der Waals surface area contributed by atoms with Crippen LogP contribution >= 0.6 is 11.8 Å². The Hall–Kier alpha value is -2.75. The molecule has 3 aromatic rings. The Balaban J connectivity index is 0.000000269. The fourth-order valence-electron chi connectivity index (χ4n) is 3.41. The Morgan fingerprint density at radius 1 is 0.895 bits per heavy atom. The second-order valence-electron chi connectivity index (χ2n) is 8.75. The SMILES string of the molecule is CCCCCC(C)C(=O)OCC(F)(F)S(=O)(=O)O.c1ccc(SC(c2ccccc2)c2ccccc2)cc1. The number of thioether (sulfide) groups is 1. The Morgan fingerprint density at radius 2 is 1.37 bits per heavy atom. The zero-order valence-corrected chi connectivity index (χ0v) is 23.1. The molecule has 0 aliphatic rings. The third-order valence-corrected chi connectivity index (χ3v) is 7.80. The van der Waals surface area contributed by atoms with Crippen LogP contribution in [-0.4, -0.2) is 30.8 Å². The van der Waals surface area contributed by atoms with Crippen molar-refractivity contribution in [1.29, 1.82) is 0 Å². The number of unbranched alkanes of at least 4 members (excludes halogenated alkanes) is 2. The molecule has 1 atom stereocenters. The van der Waals surface area contributed by atoms with E-state index in [2.05, 4.69) is 95.7 Å². The predicted octanol–water partition coefficient (Wildman–Crippen LogP) is 7.79. The highest BCUT2D eigenvalue weighted by atomic mass is 32.2. The molecule has 1 unspecified atom stereocenters. The van der Waals surface area contributed by atoms with E-state index in [0.29, 0.717) is 11.7 Å². The lowest BCUT2D eigenvalue weighted by atomic mass is 10.0. The molecular formula is C29H34F2O5S2. The van der Waals surface area contributed by atoms with E-state index in [9.17, 15) is 22.0 Å². The molecule has 0 amide bonds. The van der Waals surface area contributed by atoms with Crippen LogP contribution in [0.5, 0.6) is 0 Å². The smallest absolute Gasteiger partial charge is 0.402 e. The molecular weight excluding hydrogens is 530 g/mol. The van der Waals surface area contributed by atoms with Crippen molar-refractivity contribution in [2.45, 2.75) is 54.9 Å². The van der Waals surface area contributed by atoms with E-state index in [-0.39, 0.29) is 0 Å². The lowest BCUT2D eigenvalue weighted by Gasteiger charge is -2.17. The number of ether oxygens (including phenoxy) is 1. The molecule has 0 bridgehead atoms. The van der Waals surface area contributed by atoms with Gasteiger partial charge in [-0.25, -0.2) is 0 Å². The summed E-state index contributed by atoms with van der Waals surface area (Å²) in [6.45, 7) is 1.84. The summed E-state index contributed by atoms with van der Waals surface area (Å²) >= 11 is 1.89. The molecule has 0 aliphatic carbocycles. The first-order valence-electron chi connectivity index (χ1n) is 12.4. The molecule has 38 heavy (non-hydrogen) atoms. The number of esters is 1. The van der Waals surface area contributed by atoms with Gasteiger partial charge in [0.25, 0.3) is 0 Å². The highest BCUT2D eigenvalue weighted by Crippen LogP contribution is 2.40. The van der Waals surface area contributed by atoms with Gasteiger partial charge in [-0.15, -0.1) is 11.8 Å². The van der Waals surface area contributed by atoms with Gasteiger partial charge in [0.15, 0.2) is 6.61 Å². The molecule has 5 nitrogen and oxygen atoms in total. The van der Waals surface area contributed by atoms with Crippen molar-refractivity contribution in [3.05, 3.63) is 102 Å². The largest absolute Gasteiger partial charge is 0.458 e. The van der Waals surface area contributed by atoms with E-state index in [1.165, 1.54) is 22.9 Å². The molecule has 206 valence electrons. The number of halogens is 2. The van der Waals surface area contributed by atoms with Gasteiger partial charge in [0, 0.05) is 4.90 Å². The van der Waals surface area contributed by atoms with Crippen molar-refractivity contribution < 1.29 is 31.3 Å². The maximum Gasteiger partial charge on any atom is 0.402 e. The lowest BCUT2D eigenvalue weighted by molar-refractivity contribution is -0.154. The summed E-state index contributed by atoms with van der Waals surface area (Å²) in [6, 6.07) is 32.0. The lowest BCUT2D eigenvalue weighted by Crippen LogP contribution is -2.35. The van der Waals surface area contributed by atoms with E-state index in [0.717, 1.165) is 19.3 Å². The minimum absolute atomic E-state index is 0.333. The molecule has 1 N–H and O–H groups in total. The first-order valence-corrected chi connectivity index (χ1v) is 14.7. The minimum atomic E-state index is -5.56. The Kier molecular flexibility index (Phi) is 12.9. The molecule has 0 heterocycles. The molecule has 0 saturated carbocycles. The Bertz CT molecular complexity index is 1150. The number of rotatable bonds is 12.